The minimum atomic E-state index is 0.501. The second kappa shape index (κ2) is 8.45. The normalized spacial score (nSPS) is 30.6. The lowest BCUT2D eigenvalue weighted by atomic mass is 9.94. The highest BCUT2D eigenvalue weighted by Gasteiger charge is 2.34. The standard InChI is InChI=1S/C19H30N4O2/c1-4-16(18-14-25-10-7-20-18)17(5-1)22-13-15-3-2-6-21-19(15)23-8-11-24-12-9-23/h2-3,6,16-18,20,22H,1,4-5,7-14H2. The van der Waals surface area contributed by atoms with E-state index in [-0.39, 0.29) is 0 Å². The first-order chi connectivity index (χ1) is 12.4. The molecule has 0 spiro atoms. The number of hydrogen-bond donors (Lipinski definition) is 2. The number of pyridine rings is 1. The van der Waals surface area contributed by atoms with Gasteiger partial charge < -0.3 is 25.0 Å². The van der Waals surface area contributed by atoms with Gasteiger partial charge in [-0.3, -0.25) is 0 Å². The highest BCUT2D eigenvalue weighted by Crippen LogP contribution is 2.30. The number of nitrogens with zero attached hydrogens (tertiary/aromatic N) is 2. The molecule has 3 heterocycles. The van der Waals surface area contributed by atoms with Crippen molar-refractivity contribution in [2.75, 3.05) is 51.0 Å². The monoisotopic (exact) mass is 346 g/mol. The first kappa shape index (κ1) is 17.2. The predicted octanol–water partition coefficient (Wildman–Crippen LogP) is 1.16. The topological polar surface area (TPSA) is 58.7 Å². The van der Waals surface area contributed by atoms with Crippen LogP contribution in [0.4, 0.5) is 5.82 Å². The third-order valence-corrected chi connectivity index (χ3v) is 5.77. The third kappa shape index (κ3) is 4.14. The van der Waals surface area contributed by atoms with Crippen molar-refractivity contribution in [3.63, 3.8) is 0 Å². The molecule has 2 aliphatic heterocycles. The number of morpholine rings is 2. The molecule has 3 aliphatic rings. The van der Waals surface area contributed by atoms with Crippen LogP contribution in [0.5, 0.6) is 0 Å². The summed E-state index contributed by atoms with van der Waals surface area (Å²) in [7, 11) is 0. The molecule has 2 N–H and O–H groups in total. The van der Waals surface area contributed by atoms with Crippen molar-refractivity contribution in [2.45, 2.75) is 37.9 Å². The van der Waals surface area contributed by atoms with Crippen LogP contribution in [-0.4, -0.2) is 63.1 Å². The predicted molar refractivity (Wildman–Crippen MR) is 97.8 cm³/mol. The number of rotatable bonds is 5. The van der Waals surface area contributed by atoms with Crippen LogP contribution >= 0.6 is 0 Å². The van der Waals surface area contributed by atoms with Gasteiger partial charge in [0.1, 0.15) is 5.82 Å². The van der Waals surface area contributed by atoms with Gasteiger partial charge in [0.15, 0.2) is 0 Å². The smallest absolute Gasteiger partial charge is 0.133 e. The lowest BCUT2D eigenvalue weighted by Crippen LogP contribution is -2.50. The van der Waals surface area contributed by atoms with Gasteiger partial charge in [-0.05, 0) is 24.8 Å². The molecule has 0 amide bonds. The SMILES string of the molecule is c1cnc(N2CCOCC2)c(CNC2CCCC2C2COCCN2)c1. The summed E-state index contributed by atoms with van der Waals surface area (Å²) in [4.78, 5) is 7.00. The summed E-state index contributed by atoms with van der Waals surface area (Å²) < 4.78 is 11.2. The van der Waals surface area contributed by atoms with Gasteiger partial charge in [-0.2, -0.15) is 0 Å². The summed E-state index contributed by atoms with van der Waals surface area (Å²) in [6.07, 6.45) is 5.76. The van der Waals surface area contributed by atoms with E-state index in [1.165, 1.54) is 24.8 Å². The summed E-state index contributed by atoms with van der Waals surface area (Å²) in [5, 5.41) is 7.48. The van der Waals surface area contributed by atoms with Crippen molar-refractivity contribution in [3.05, 3.63) is 23.9 Å². The van der Waals surface area contributed by atoms with Crippen LogP contribution in [0.3, 0.4) is 0 Å². The molecule has 0 radical (unpaired) electrons. The van der Waals surface area contributed by atoms with E-state index in [0.717, 1.165) is 58.4 Å². The summed E-state index contributed by atoms with van der Waals surface area (Å²) in [6.45, 7) is 7.02. The van der Waals surface area contributed by atoms with Crippen LogP contribution in [0.1, 0.15) is 24.8 Å². The van der Waals surface area contributed by atoms with Crippen LogP contribution in [0, 0.1) is 5.92 Å². The maximum atomic E-state index is 5.69. The average molecular weight is 346 g/mol. The van der Waals surface area contributed by atoms with Gasteiger partial charge >= 0.3 is 0 Å². The first-order valence-corrected chi connectivity index (χ1v) is 9.73. The quantitative estimate of drug-likeness (QED) is 0.835. The van der Waals surface area contributed by atoms with E-state index in [9.17, 15) is 0 Å². The third-order valence-electron chi connectivity index (χ3n) is 5.77. The maximum absolute atomic E-state index is 5.69. The molecule has 0 bridgehead atoms. The minimum Gasteiger partial charge on any atom is -0.379 e. The van der Waals surface area contributed by atoms with E-state index in [0.29, 0.717) is 18.0 Å². The second-order valence-corrected chi connectivity index (χ2v) is 7.30. The van der Waals surface area contributed by atoms with E-state index in [2.05, 4.69) is 26.6 Å². The second-order valence-electron chi connectivity index (χ2n) is 7.30. The Morgan fingerprint density at radius 3 is 2.96 bits per heavy atom. The zero-order valence-corrected chi connectivity index (χ0v) is 15.0. The van der Waals surface area contributed by atoms with Crippen LogP contribution in [-0.2, 0) is 16.0 Å². The Hall–Kier alpha value is -1.21. The fraction of sp³-hybridized carbons (Fsp3) is 0.737. The zero-order valence-electron chi connectivity index (χ0n) is 15.0. The van der Waals surface area contributed by atoms with Crippen LogP contribution < -0.4 is 15.5 Å². The van der Waals surface area contributed by atoms with E-state index in [1.807, 2.05) is 12.3 Å². The Morgan fingerprint density at radius 2 is 2.12 bits per heavy atom. The van der Waals surface area contributed by atoms with Gasteiger partial charge in [-0.25, -0.2) is 4.98 Å². The Balaban J connectivity index is 1.39. The average Bonchev–Trinajstić information content (AvgIpc) is 3.17. The van der Waals surface area contributed by atoms with E-state index < -0.39 is 0 Å². The molecule has 4 rings (SSSR count). The maximum Gasteiger partial charge on any atom is 0.133 e. The molecule has 6 heteroatoms. The highest BCUT2D eigenvalue weighted by molar-refractivity contribution is 5.47. The van der Waals surface area contributed by atoms with Crippen molar-refractivity contribution in [2.24, 2.45) is 5.92 Å². The lowest BCUT2D eigenvalue weighted by Gasteiger charge is -2.33. The lowest BCUT2D eigenvalue weighted by molar-refractivity contribution is 0.0524. The molecule has 3 fully saturated rings. The van der Waals surface area contributed by atoms with Crippen molar-refractivity contribution in [3.8, 4) is 0 Å². The Morgan fingerprint density at radius 1 is 1.20 bits per heavy atom. The fourth-order valence-corrected chi connectivity index (χ4v) is 4.45. The van der Waals surface area contributed by atoms with E-state index >= 15 is 0 Å². The Labute approximate surface area is 150 Å². The van der Waals surface area contributed by atoms with Gasteiger partial charge in [0.25, 0.3) is 0 Å². The number of hydrogen-bond acceptors (Lipinski definition) is 6. The fourth-order valence-electron chi connectivity index (χ4n) is 4.45. The summed E-state index contributed by atoms with van der Waals surface area (Å²) in [5.74, 6) is 1.79. The first-order valence-electron chi connectivity index (χ1n) is 9.73. The van der Waals surface area contributed by atoms with Gasteiger partial charge in [-0.15, -0.1) is 0 Å². The largest absolute Gasteiger partial charge is 0.379 e. The van der Waals surface area contributed by atoms with E-state index in [1.54, 1.807) is 0 Å². The molecule has 1 saturated carbocycles. The molecular formula is C19H30N4O2. The minimum absolute atomic E-state index is 0.501. The number of aromatic nitrogens is 1. The van der Waals surface area contributed by atoms with Gasteiger partial charge in [0.05, 0.1) is 26.4 Å². The van der Waals surface area contributed by atoms with Crippen molar-refractivity contribution in [1.29, 1.82) is 0 Å². The number of ether oxygens (including phenoxy) is 2. The summed E-state index contributed by atoms with van der Waals surface area (Å²) in [5.41, 5.74) is 1.29. The van der Waals surface area contributed by atoms with Gasteiger partial charge in [0.2, 0.25) is 0 Å². The zero-order chi connectivity index (χ0) is 16.9. The molecule has 1 aromatic rings. The van der Waals surface area contributed by atoms with Crippen LogP contribution in [0.2, 0.25) is 0 Å². The van der Waals surface area contributed by atoms with E-state index in [4.69, 9.17) is 9.47 Å². The molecule has 1 aromatic heterocycles. The van der Waals surface area contributed by atoms with Crippen molar-refractivity contribution in [1.82, 2.24) is 15.6 Å². The van der Waals surface area contributed by atoms with Crippen molar-refractivity contribution >= 4 is 5.82 Å². The highest BCUT2D eigenvalue weighted by atomic mass is 16.5. The molecule has 6 nitrogen and oxygen atoms in total. The van der Waals surface area contributed by atoms with Crippen molar-refractivity contribution < 1.29 is 9.47 Å². The number of nitrogens with one attached hydrogen (secondary N) is 2. The van der Waals surface area contributed by atoms with Gasteiger partial charge in [0, 0.05) is 50.0 Å². The van der Waals surface area contributed by atoms with Crippen LogP contribution in [0.25, 0.3) is 0 Å². The molecule has 3 unspecified atom stereocenters. The molecule has 0 aromatic carbocycles. The van der Waals surface area contributed by atoms with Crippen LogP contribution in [0.15, 0.2) is 18.3 Å². The molecule has 25 heavy (non-hydrogen) atoms. The number of anilines is 1. The summed E-state index contributed by atoms with van der Waals surface area (Å²) >= 11 is 0. The molecule has 3 atom stereocenters. The molecule has 138 valence electrons. The Bertz CT molecular complexity index is 544. The van der Waals surface area contributed by atoms with Gasteiger partial charge in [-0.1, -0.05) is 12.5 Å². The molecular weight excluding hydrogens is 316 g/mol. The molecule has 1 aliphatic carbocycles. The molecule has 2 saturated heterocycles. The summed E-state index contributed by atoms with van der Waals surface area (Å²) in [6, 6.07) is 5.32. The Kier molecular flexibility index (Phi) is 5.82.